The molecule has 0 radical (unpaired) electrons. The Labute approximate surface area is 111 Å². The van der Waals surface area contributed by atoms with E-state index in [4.69, 9.17) is 4.74 Å². The predicted octanol–water partition coefficient (Wildman–Crippen LogP) is 2.92. The highest BCUT2D eigenvalue weighted by Crippen LogP contribution is 2.23. The van der Waals surface area contributed by atoms with Gasteiger partial charge < -0.3 is 9.64 Å². The van der Waals surface area contributed by atoms with E-state index in [1.807, 2.05) is 25.2 Å². The molecule has 0 aliphatic carbocycles. The standard InChI is InChI=1S/C13H17BrN2O/c1-10(9-17-3)16(2)13-5-4-11(7-14)6-12(13)8-15/h4-6,10H,7,9H2,1-3H3. The molecule has 0 bridgehead atoms. The van der Waals surface area contributed by atoms with Crippen LogP contribution in [0.1, 0.15) is 18.1 Å². The van der Waals surface area contributed by atoms with Gasteiger partial charge in [0.15, 0.2) is 0 Å². The van der Waals surface area contributed by atoms with Crippen LogP contribution < -0.4 is 4.90 Å². The average molecular weight is 297 g/mol. The molecular weight excluding hydrogens is 280 g/mol. The van der Waals surface area contributed by atoms with Crippen LogP contribution in [0.25, 0.3) is 0 Å². The lowest BCUT2D eigenvalue weighted by Gasteiger charge is -2.27. The van der Waals surface area contributed by atoms with Gasteiger partial charge in [-0.2, -0.15) is 5.26 Å². The lowest BCUT2D eigenvalue weighted by molar-refractivity contribution is 0.183. The van der Waals surface area contributed by atoms with Crippen molar-refractivity contribution in [2.45, 2.75) is 18.3 Å². The van der Waals surface area contributed by atoms with Crippen molar-refractivity contribution in [1.82, 2.24) is 0 Å². The molecule has 0 aliphatic rings. The van der Waals surface area contributed by atoms with Crippen molar-refractivity contribution in [3.8, 4) is 6.07 Å². The molecule has 0 saturated heterocycles. The summed E-state index contributed by atoms with van der Waals surface area (Å²) >= 11 is 3.39. The van der Waals surface area contributed by atoms with Crippen LogP contribution in [-0.2, 0) is 10.1 Å². The number of benzene rings is 1. The zero-order valence-electron chi connectivity index (χ0n) is 10.4. The lowest BCUT2D eigenvalue weighted by atomic mass is 10.1. The summed E-state index contributed by atoms with van der Waals surface area (Å²) in [7, 11) is 3.66. The van der Waals surface area contributed by atoms with Crippen molar-refractivity contribution >= 4 is 21.6 Å². The first-order valence-corrected chi connectivity index (χ1v) is 6.57. The number of nitrogens with zero attached hydrogens (tertiary/aromatic N) is 2. The maximum absolute atomic E-state index is 9.18. The third kappa shape index (κ3) is 3.45. The Morgan fingerprint density at radius 1 is 1.53 bits per heavy atom. The van der Waals surface area contributed by atoms with Crippen molar-refractivity contribution in [2.75, 3.05) is 25.7 Å². The first kappa shape index (κ1) is 14.0. The number of ether oxygens (including phenoxy) is 1. The summed E-state index contributed by atoms with van der Waals surface area (Å²) in [6, 6.07) is 8.42. The van der Waals surface area contributed by atoms with E-state index < -0.39 is 0 Å². The molecule has 0 heterocycles. The van der Waals surface area contributed by atoms with Crippen LogP contribution in [0.5, 0.6) is 0 Å². The zero-order chi connectivity index (χ0) is 12.8. The van der Waals surface area contributed by atoms with E-state index in [0.717, 1.165) is 16.6 Å². The maximum atomic E-state index is 9.18. The summed E-state index contributed by atoms with van der Waals surface area (Å²) in [6.07, 6.45) is 0. The van der Waals surface area contributed by atoms with Crippen molar-refractivity contribution in [3.63, 3.8) is 0 Å². The lowest BCUT2D eigenvalue weighted by Crippen LogP contribution is -2.33. The second-order valence-electron chi connectivity index (χ2n) is 4.01. The number of methoxy groups -OCH3 is 1. The first-order valence-electron chi connectivity index (χ1n) is 5.44. The molecule has 1 atom stereocenters. The van der Waals surface area contributed by atoms with Gasteiger partial charge in [0.25, 0.3) is 0 Å². The van der Waals surface area contributed by atoms with Gasteiger partial charge in [0.1, 0.15) is 6.07 Å². The number of halogens is 1. The Hall–Kier alpha value is -1.05. The molecule has 1 aromatic rings. The molecule has 1 rings (SSSR count). The van der Waals surface area contributed by atoms with E-state index in [0.29, 0.717) is 12.2 Å². The molecule has 0 aliphatic heterocycles. The summed E-state index contributed by atoms with van der Waals surface area (Å²) in [5, 5.41) is 9.94. The molecule has 1 aromatic carbocycles. The highest BCUT2D eigenvalue weighted by Gasteiger charge is 2.13. The van der Waals surface area contributed by atoms with E-state index in [1.54, 1.807) is 7.11 Å². The van der Waals surface area contributed by atoms with Crippen LogP contribution >= 0.6 is 15.9 Å². The van der Waals surface area contributed by atoms with E-state index in [9.17, 15) is 5.26 Å². The van der Waals surface area contributed by atoms with Crippen LogP contribution in [0.15, 0.2) is 18.2 Å². The van der Waals surface area contributed by atoms with Gasteiger partial charge in [0.05, 0.1) is 17.9 Å². The fourth-order valence-corrected chi connectivity index (χ4v) is 2.00. The molecule has 3 nitrogen and oxygen atoms in total. The van der Waals surface area contributed by atoms with E-state index >= 15 is 0 Å². The van der Waals surface area contributed by atoms with Crippen LogP contribution in [0.4, 0.5) is 5.69 Å². The average Bonchev–Trinajstić information content (AvgIpc) is 2.37. The fraction of sp³-hybridized carbons (Fsp3) is 0.462. The molecule has 0 N–H and O–H groups in total. The van der Waals surface area contributed by atoms with Gasteiger partial charge in [0, 0.05) is 25.5 Å². The Morgan fingerprint density at radius 3 is 2.76 bits per heavy atom. The van der Waals surface area contributed by atoms with Crippen molar-refractivity contribution in [3.05, 3.63) is 29.3 Å². The molecule has 0 amide bonds. The smallest absolute Gasteiger partial charge is 0.101 e. The van der Waals surface area contributed by atoms with Crippen molar-refractivity contribution in [2.24, 2.45) is 0 Å². The fourth-order valence-electron chi connectivity index (χ4n) is 1.65. The number of hydrogen-bond acceptors (Lipinski definition) is 3. The minimum atomic E-state index is 0.238. The van der Waals surface area contributed by atoms with Gasteiger partial charge in [-0.15, -0.1) is 0 Å². The molecule has 0 spiro atoms. The molecule has 1 unspecified atom stereocenters. The molecule has 0 fully saturated rings. The van der Waals surface area contributed by atoms with E-state index in [-0.39, 0.29) is 6.04 Å². The van der Waals surface area contributed by atoms with Crippen molar-refractivity contribution < 1.29 is 4.74 Å². The SMILES string of the molecule is COCC(C)N(C)c1ccc(CBr)cc1C#N. The maximum Gasteiger partial charge on any atom is 0.101 e. The second-order valence-corrected chi connectivity index (χ2v) is 4.57. The summed E-state index contributed by atoms with van der Waals surface area (Å²) < 4.78 is 5.13. The van der Waals surface area contributed by atoms with Crippen LogP contribution in [0, 0.1) is 11.3 Å². The monoisotopic (exact) mass is 296 g/mol. The van der Waals surface area contributed by atoms with E-state index in [1.165, 1.54) is 0 Å². The minimum absolute atomic E-state index is 0.238. The number of nitriles is 1. The molecule has 0 aromatic heterocycles. The molecular formula is C13H17BrN2O. The third-order valence-electron chi connectivity index (χ3n) is 2.78. The predicted molar refractivity (Wildman–Crippen MR) is 73.5 cm³/mol. The van der Waals surface area contributed by atoms with Gasteiger partial charge in [-0.25, -0.2) is 0 Å². The second kappa shape index (κ2) is 6.63. The highest BCUT2D eigenvalue weighted by atomic mass is 79.9. The number of alkyl halides is 1. The van der Waals surface area contributed by atoms with Crippen molar-refractivity contribution in [1.29, 1.82) is 5.26 Å². The molecule has 17 heavy (non-hydrogen) atoms. The van der Waals surface area contributed by atoms with Gasteiger partial charge in [-0.3, -0.25) is 0 Å². The third-order valence-corrected chi connectivity index (χ3v) is 3.43. The van der Waals surface area contributed by atoms with Gasteiger partial charge in [-0.05, 0) is 24.6 Å². The Morgan fingerprint density at radius 2 is 2.24 bits per heavy atom. The summed E-state index contributed by atoms with van der Waals surface area (Å²) in [4.78, 5) is 2.07. The quantitative estimate of drug-likeness (QED) is 0.784. The molecule has 4 heteroatoms. The number of likely N-dealkylation sites (N-methyl/N-ethyl adjacent to an activating group) is 1. The Kier molecular flexibility index (Phi) is 5.46. The highest BCUT2D eigenvalue weighted by molar-refractivity contribution is 9.08. The number of hydrogen-bond donors (Lipinski definition) is 0. The largest absolute Gasteiger partial charge is 0.383 e. The normalized spacial score (nSPS) is 11.9. The molecule has 0 saturated carbocycles. The van der Waals surface area contributed by atoms with Gasteiger partial charge in [0.2, 0.25) is 0 Å². The number of anilines is 1. The van der Waals surface area contributed by atoms with Crippen LogP contribution in [-0.4, -0.2) is 26.8 Å². The zero-order valence-corrected chi connectivity index (χ0v) is 12.0. The first-order chi connectivity index (χ1) is 8.13. The van der Waals surface area contributed by atoms with Crippen LogP contribution in [0.2, 0.25) is 0 Å². The summed E-state index contributed by atoms with van der Waals surface area (Å²) in [5.74, 6) is 0. The summed E-state index contributed by atoms with van der Waals surface area (Å²) in [6.45, 7) is 2.71. The van der Waals surface area contributed by atoms with E-state index in [2.05, 4.69) is 33.8 Å². The Bertz CT molecular complexity index is 414. The molecule has 92 valence electrons. The van der Waals surface area contributed by atoms with Gasteiger partial charge >= 0.3 is 0 Å². The minimum Gasteiger partial charge on any atom is -0.383 e. The topological polar surface area (TPSA) is 36.3 Å². The number of rotatable bonds is 5. The summed E-state index contributed by atoms with van der Waals surface area (Å²) in [5.41, 5.74) is 2.76. The van der Waals surface area contributed by atoms with Gasteiger partial charge in [-0.1, -0.05) is 22.0 Å². The van der Waals surface area contributed by atoms with Crippen LogP contribution in [0.3, 0.4) is 0 Å². The Balaban J connectivity index is 3.01.